The molecule has 1 aliphatic heterocycles. The molecule has 2 N–H and O–H groups in total. The summed E-state index contributed by atoms with van der Waals surface area (Å²) in [5.41, 5.74) is 1.64. The molecular weight excluding hydrogens is 364 g/mol. The first-order valence-electron chi connectivity index (χ1n) is 10.3. The van der Waals surface area contributed by atoms with Gasteiger partial charge in [-0.1, -0.05) is 30.3 Å². The molecule has 2 heterocycles. The lowest BCUT2D eigenvalue weighted by molar-refractivity contribution is -0.0644. The van der Waals surface area contributed by atoms with Gasteiger partial charge in [0, 0.05) is 29.9 Å². The fourth-order valence-corrected chi connectivity index (χ4v) is 5.30. The maximum atomic E-state index is 13.2. The van der Waals surface area contributed by atoms with Crippen LogP contribution in [-0.2, 0) is 5.60 Å². The summed E-state index contributed by atoms with van der Waals surface area (Å²) in [6.07, 6.45) is 2.81. The van der Waals surface area contributed by atoms with Crippen molar-refractivity contribution in [2.24, 2.45) is 11.8 Å². The fraction of sp³-hybridized carbons (Fsp3) is 0.375. The van der Waals surface area contributed by atoms with Crippen molar-refractivity contribution in [1.82, 2.24) is 9.88 Å². The van der Waals surface area contributed by atoms with Gasteiger partial charge < -0.3 is 19.7 Å². The van der Waals surface area contributed by atoms with Crippen LogP contribution in [0, 0.1) is 11.8 Å². The molecule has 29 heavy (non-hydrogen) atoms. The number of carbonyl (C=O) groups is 1. The van der Waals surface area contributed by atoms with Crippen LogP contribution in [0.15, 0.2) is 54.6 Å². The molecule has 1 aromatic heterocycles. The molecule has 150 valence electrons. The normalized spacial score (nSPS) is 26.5. The Hall–Kier alpha value is -2.79. The second kappa shape index (κ2) is 6.92. The molecule has 5 nitrogen and oxygen atoms in total. The van der Waals surface area contributed by atoms with E-state index in [-0.39, 0.29) is 11.8 Å². The molecule has 0 radical (unpaired) electrons. The van der Waals surface area contributed by atoms with Gasteiger partial charge in [-0.05, 0) is 55.0 Å². The van der Waals surface area contributed by atoms with Gasteiger partial charge in [0.15, 0.2) is 0 Å². The highest BCUT2D eigenvalue weighted by atomic mass is 16.5. The van der Waals surface area contributed by atoms with Gasteiger partial charge in [-0.2, -0.15) is 0 Å². The number of aliphatic hydroxyl groups is 1. The molecule has 2 fully saturated rings. The zero-order valence-electron chi connectivity index (χ0n) is 16.6. The Morgan fingerprint density at radius 2 is 2.00 bits per heavy atom. The largest absolute Gasteiger partial charge is 0.497 e. The second-order valence-electron chi connectivity index (χ2n) is 8.40. The standard InChI is InChI=1S/C24H26N2O3/c1-29-19-9-10-21-17(12-19)13-22(25-21)23(27)26-14-16-6-5-11-24(28,20(16)15-26)18-7-3-2-4-8-18/h2-4,7-10,12-13,16,20,25,28H,5-6,11,14-15H2,1H3/t16-,20+,24+/m1/s1. The molecular formula is C24H26N2O3. The van der Waals surface area contributed by atoms with E-state index in [9.17, 15) is 9.90 Å². The molecule has 2 aromatic carbocycles. The monoisotopic (exact) mass is 390 g/mol. The van der Waals surface area contributed by atoms with Gasteiger partial charge in [0.25, 0.3) is 5.91 Å². The van der Waals surface area contributed by atoms with Gasteiger partial charge in [0.2, 0.25) is 0 Å². The first-order valence-corrected chi connectivity index (χ1v) is 10.3. The molecule has 1 amide bonds. The molecule has 3 aromatic rings. The van der Waals surface area contributed by atoms with E-state index in [0.717, 1.165) is 41.5 Å². The number of hydrogen-bond donors (Lipinski definition) is 2. The number of nitrogens with zero attached hydrogens (tertiary/aromatic N) is 1. The van der Waals surface area contributed by atoms with E-state index < -0.39 is 5.60 Å². The van der Waals surface area contributed by atoms with Crippen molar-refractivity contribution in [2.75, 3.05) is 20.2 Å². The van der Waals surface area contributed by atoms with Crippen LogP contribution in [0.25, 0.3) is 10.9 Å². The second-order valence-corrected chi connectivity index (χ2v) is 8.40. The third kappa shape index (κ3) is 3.01. The molecule has 1 saturated carbocycles. The molecule has 2 aliphatic rings. The zero-order valence-corrected chi connectivity index (χ0v) is 16.6. The maximum Gasteiger partial charge on any atom is 0.270 e. The average Bonchev–Trinajstić information content (AvgIpc) is 3.38. The van der Waals surface area contributed by atoms with E-state index in [1.54, 1.807) is 7.11 Å². The predicted molar refractivity (Wildman–Crippen MR) is 112 cm³/mol. The van der Waals surface area contributed by atoms with Gasteiger partial charge in [-0.3, -0.25) is 4.79 Å². The van der Waals surface area contributed by atoms with Crippen LogP contribution < -0.4 is 4.74 Å². The molecule has 0 spiro atoms. The minimum Gasteiger partial charge on any atom is -0.497 e. The number of methoxy groups -OCH3 is 1. The van der Waals surface area contributed by atoms with Gasteiger partial charge in [-0.25, -0.2) is 0 Å². The number of aromatic amines is 1. The fourth-order valence-electron chi connectivity index (χ4n) is 5.30. The van der Waals surface area contributed by atoms with Crippen LogP contribution in [0.1, 0.15) is 35.3 Å². The number of fused-ring (bicyclic) bond motifs is 2. The number of rotatable bonds is 3. The van der Waals surface area contributed by atoms with E-state index in [1.807, 2.05) is 59.5 Å². The highest BCUT2D eigenvalue weighted by Gasteiger charge is 2.50. The molecule has 3 atom stereocenters. The number of hydrogen-bond acceptors (Lipinski definition) is 3. The van der Waals surface area contributed by atoms with Crippen LogP contribution in [0.4, 0.5) is 0 Å². The minimum atomic E-state index is -0.854. The average molecular weight is 390 g/mol. The van der Waals surface area contributed by atoms with Gasteiger partial charge >= 0.3 is 0 Å². The van der Waals surface area contributed by atoms with Gasteiger partial charge in [0.1, 0.15) is 11.4 Å². The molecule has 5 heteroatoms. The lowest BCUT2D eigenvalue weighted by Gasteiger charge is -2.41. The van der Waals surface area contributed by atoms with Crippen molar-refractivity contribution >= 4 is 16.8 Å². The minimum absolute atomic E-state index is 0.00461. The first kappa shape index (κ1) is 18.3. The summed E-state index contributed by atoms with van der Waals surface area (Å²) < 4.78 is 5.28. The Morgan fingerprint density at radius 1 is 1.17 bits per heavy atom. The molecule has 0 bridgehead atoms. The van der Waals surface area contributed by atoms with Crippen LogP contribution >= 0.6 is 0 Å². The van der Waals surface area contributed by atoms with Crippen LogP contribution in [-0.4, -0.2) is 41.1 Å². The van der Waals surface area contributed by atoms with Crippen LogP contribution in [0.5, 0.6) is 5.75 Å². The summed E-state index contributed by atoms with van der Waals surface area (Å²) in [6.45, 7) is 1.30. The third-order valence-electron chi connectivity index (χ3n) is 6.81. The summed E-state index contributed by atoms with van der Waals surface area (Å²) in [7, 11) is 1.64. The Morgan fingerprint density at radius 3 is 2.79 bits per heavy atom. The van der Waals surface area contributed by atoms with E-state index >= 15 is 0 Å². The Balaban J connectivity index is 1.41. The number of ether oxygens (including phenoxy) is 1. The molecule has 5 rings (SSSR count). The predicted octanol–water partition coefficient (Wildman–Crippen LogP) is 3.94. The van der Waals surface area contributed by atoms with Crippen LogP contribution in [0.3, 0.4) is 0 Å². The third-order valence-corrected chi connectivity index (χ3v) is 6.81. The number of likely N-dealkylation sites (tertiary alicyclic amines) is 1. The Bertz CT molecular complexity index is 1040. The van der Waals surface area contributed by atoms with Gasteiger partial charge in [-0.15, -0.1) is 0 Å². The lowest BCUT2D eigenvalue weighted by Crippen LogP contribution is -2.42. The van der Waals surface area contributed by atoms with Crippen LogP contribution in [0.2, 0.25) is 0 Å². The summed E-state index contributed by atoms with van der Waals surface area (Å²) in [6, 6.07) is 17.6. The van der Waals surface area contributed by atoms with Crippen molar-refractivity contribution in [3.63, 3.8) is 0 Å². The number of nitrogens with one attached hydrogen (secondary N) is 1. The van der Waals surface area contributed by atoms with Crippen molar-refractivity contribution < 1.29 is 14.6 Å². The van der Waals surface area contributed by atoms with E-state index in [4.69, 9.17) is 4.74 Å². The van der Waals surface area contributed by atoms with Crippen molar-refractivity contribution in [1.29, 1.82) is 0 Å². The topological polar surface area (TPSA) is 65.6 Å². The summed E-state index contributed by atoms with van der Waals surface area (Å²) in [5, 5.41) is 12.6. The van der Waals surface area contributed by atoms with E-state index in [1.165, 1.54) is 0 Å². The first-order chi connectivity index (χ1) is 14.1. The number of amides is 1. The summed E-state index contributed by atoms with van der Waals surface area (Å²) in [5.74, 6) is 1.19. The smallest absolute Gasteiger partial charge is 0.270 e. The summed E-state index contributed by atoms with van der Waals surface area (Å²) >= 11 is 0. The number of benzene rings is 2. The van der Waals surface area contributed by atoms with Crippen molar-refractivity contribution in [2.45, 2.75) is 24.9 Å². The van der Waals surface area contributed by atoms with Crippen molar-refractivity contribution in [3.05, 3.63) is 65.9 Å². The Kier molecular flexibility index (Phi) is 4.36. The SMILES string of the molecule is COc1ccc2[nH]c(C(=O)N3C[C@H]4CCC[C@](O)(c5ccccc5)[C@H]4C3)cc2c1. The highest BCUT2D eigenvalue weighted by Crippen LogP contribution is 2.48. The highest BCUT2D eigenvalue weighted by molar-refractivity contribution is 5.98. The lowest BCUT2D eigenvalue weighted by atomic mass is 9.67. The van der Waals surface area contributed by atoms with E-state index in [0.29, 0.717) is 24.7 Å². The van der Waals surface area contributed by atoms with Gasteiger partial charge in [0.05, 0.1) is 12.7 Å². The quantitative estimate of drug-likeness (QED) is 0.712. The molecule has 0 unspecified atom stereocenters. The number of H-pyrrole nitrogens is 1. The zero-order chi connectivity index (χ0) is 20.0. The Labute approximate surface area is 170 Å². The number of carbonyl (C=O) groups excluding carboxylic acids is 1. The number of aromatic nitrogens is 1. The van der Waals surface area contributed by atoms with Crippen molar-refractivity contribution in [3.8, 4) is 5.75 Å². The van der Waals surface area contributed by atoms with E-state index in [2.05, 4.69) is 4.98 Å². The molecule has 1 aliphatic carbocycles. The molecule has 1 saturated heterocycles. The maximum absolute atomic E-state index is 13.2. The summed E-state index contributed by atoms with van der Waals surface area (Å²) in [4.78, 5) is 18.4.